The van der Waals surface area contributed by atoms with E-state index >= 15 is 0 Å². The van der Waals surface area contributed by atoms with Gasteiger partial charge in [0.2, 0.25) is 0 Å². The van der Waals surface area contributed by atoms with Crippen LogP contribution in [0.1, 0.15) is 19.4 Å². The van der Waals surface area contributed by atoms with Gasteiger partial charge in [-0.15, -0.1) is 0 Å². The van der Waals surface area contributed by atoms with E-state index in [1.807, 2.05) is 0 Å². The van der Waals surface area contributed by atoms with Crippen LogP contribution in [0, 0.1) is 17.5 Å². The van der Waals surface area contributed by atoms with Gasteiger partial charge in [-0.3, -0.25) is 0 Å². The highest BCUT2D eigenvalue weighted by atomic mass is 28.4. The molecule has 1 rings (SSSR count). The first-order chi connectivity index (χ1) is 8.91. The van der Waals surface area contributed by atoms with Crippen molar-refractivity contribution in [3.05, 3.63) is 35.1 Å². The maximum atomic E-state index is 13.0. The number of halogens is 3. The molecule has 19 heavy (non-hydrogen) atoms. The van der Waals surface area contributed by atoms with Gasteiger partial charge < -0.3 is 13.6 Å². The number of rotatable bonds is 7. The minimum atomic E-state index is -3.32. The lowest BCUT2D eigenvalue weighted by Gasteiger charge is -2.22. The van der Waals surface area contributed by atoms with Gasteiger partial charge >= 0.3 is 8.80 Å². The lowest BCUT2D eigenvalue weighted by molar-refractivity contribution is 0.108. The highest BCUT2D eigenvalue weighted by Crippen LogP contribution is 2.18. The number of aryl methyl sites for hydroxylation is 1. The molecule has 0 radical (unpaired) electrons. The fourth-order valence-electron chi connectivity index (χ4n) is 1.69. The zero-order valence-corrected chi connectivity index (χ0v) is 11.9. The maximum Gasteiger partial charge on any atom is 0.498 e. The Morgan fingerprint density at radius 3 is 1.95 bits per heavy atom. The number of hydrogen-bond donors (Lipinski definition) is 1. The fraction of sp³-hybridized carbons (Fsp3) is 0.500. The molecular formula is C12H17F3O3Si. The summed E-state index contributed by atoms with van der Waals surface area (Å²) in [5.74, 6) is -3.98. The summed E-state index contributed by atoms with van der Waals surface area (Å²) < 4.78 is 49.2. The smallest absolute Gasteiger partial charge is 0.390 e. The van der Waals surface area contributed by atoms with E-state index in [0.717, 1.165) is 12.1 Å². The molecule has 0 aliphatic carbocycles. The summed E-state index contributed by atoms with van der Waals surface area (Å²) in [5.41, 5.74) is 0.252. The van der Waals surface area contributed by atoms with Crippen LogP contribution in [0.3, 0.4) is 0 Å². The largest absolute Gasteiger partial charge is 0.498 e. The minimum Gasteiger partial charge on any atom is -0.390 e. The lowest BCUT2D eigenvalue weighted by Crippen LogP contribution is -2.43. The molecule has 108 valence electrons. The van der Waals surface area contributed by atoms with E-state index in [2.05, 4.69) is 0 Å². The zero-order valence-electron chi connectivity index (χ0n) is 10.9. The van der Waals surface area contributed by atoms with E-state index in [-0.39, 0.29) is 31.2 Å². The molecule has 7 heteroatoms. The quantitative estimate of drug-likeness (QED) is 0.620. The van der Waals surface area contributed by atoms with E-state index in [0.29, 0.717) is 0 Å². The molecule has 0 unspecified atom stereocenters. The van der Waals surface area contributed by atoms with Crippen molar-refractivity contribution in [2.24, 2.45) is 0 Å². The maximum absolute atomic E-state index is 13.0. The molecular weight excluding hydrogens is 277 g/mol. The van der Waals surface area contributed by atoms with Crippen LogP contribution < -0.4 is 0 Å². The first-order valence-electron chi connectivity index (χ1n) is 6.05. The van der Waals surface area contributed by atoms with Crippen molar-refractivity contribution in [1.29, 1.82) is 0 Å². The molecule has 1 aromatic rings. The SMILES string of the molecule is CCO[Si](O)(CCc1cc(F)c(F)c(F)c1)OCC. The molecule has 0 spiro atoms. The van der Waals surface area contributed by atoms with E-state index in [4.69, 9.17) is 8.85 Å². The second-order valence-electron chi connectivity index (χ2n) is 3.95. The molecule has 0 aliphatic heterocycles. The summed E-state index contributed by atoms with van der Waals surface area (Å²) in [6.07, 6.45) is 0.150. The molecule has 1 N–H and O–H groups in total. The van der Waals surface area contributed by atoms with E-state index in [9.17, 15) is 18.0 Å². The first kappa shape index (κ1) is 16.2. The van der Waals surface area contributed by atoms with E-state index in [1.54, 1.807) is 13.8 Å². The van der Waals surface area contributed by atoms with Crippen molar-refractivity contribution in [1.82, 2.24) is 0 Å². The first-order valence-corrected chi connectivity index (χ1v) is 8.02. The predicted octanol–water partition coefficient (Wildman–Crippen LogP) is 2.65. The third-order valence-corrected chi connectivity index (χ3v) is 4.87. The molecule has 0 bridgehead atoms. The molecule has 0 aromatic heterocycles. The highest BCUT2D eigenvalue weighted by molar-refractivity contribution is 6.59. The molecule has 0 saturated carbocycles. The van der Waals surface area contributed by atoms with Crippen LogP contribution in [0.5, 0.6) is 0 Å². The van der Waals surface area contributed by atoms with Crippen LogP contribution in [0.4, 0.5) is 13.2 Å². The fourth-order valence-corrected chi connectivity index (χ4v) is 3.57. The topological polar surface area (TPSA) is 38.7 Å². The Morgan fingerprint density at radius 1 is 1.05 bits per heavy atom. The van der Waals surface area contributed by atoms with Crippen molar-refractivity contribution in [2.45, 2.75) is 26.3 Å². The van der Waals surface area contributed by atoms with Crippen LogP contribution in [0.2, 0.25) is 6.04 Å². The van der Waals surface area contributed by atoms with Crippen LogP contribution in [-0.4, -0.2) is 26.8 Å². The summed E-state index contributed by atoms with van der Waals surface area (Å²) in [7, 11) is -3.32. The van der Waals surface area contributed by atoms with Gasteiger partial charge in [0.05, 0.1) is 0 Å². The van der Waals surface area contributed by atoms with Crippen LogP contribution >= 0.6 is 0 Å². The summed E-state index contributed by atoms with van der Waals surface area (Å²) >= 11 is 0. The summed E-state index contributed by atoms with van der Waals surface area (Å²) in [6.45, 7) is 4.01. The van der Waals surface area contributed by atoms with Gasteiger partial charge in [-0.2, -0.15) is 0 Å². The van der Waals surface area contributed by atoms with Crippen molar-refractivity contribution in [2.75, 3.05) is 13.2 Å². The Kier molecular flexibility index (Phi) is 5.99. The van der Waals surface area contributed by atoms with Gasteiger partial charge in [0.25, 0.3) is 0 Å². The van der Waals surface area contributed by atoms with Gasteiger partial charge in [0, 0.05) is 19.3 Å². The third kappa shape index (κ3) is 4.61. The summed E-state index contributed by atoms with van der Waals surface area (Å²) in [4.78, 5) is 10.1. The van der Waals surface area contributed by atoms with Gasteiger partial charge in [0.1, 0.15) is 0 Å². The van der Waals surface area contributed by atoms with Crippen molar-refractivity contribution in [3.63, 3.8) is 0 Å². The molecule has 0 aliphatic rings. The number of hydrogen-bond acceptors (Lipinski definition) is 3. The number of benzene rings is 1. The Morgan fingerprint density at radius 2 is 1.53 bits per heavy atom. The van der Waals surface area contributed by atoms with E-state index < -0.39 is 26.3 Å². The van der Waals surface area contributed by atoms with Crippen molar-refractivity contribution < 1.29 is 26.8 Å². The predicted molar refractivity (Wildman–Crippen MR) is 66.1 cm³/mol. The van der Waals surface area contributed by atoms with Gasteiger partial charge in [-0.25, -0.2) is 13.2 Å². The Balaban J connectivity index is 2.74. The van der Waals surface area contributed by atoms with Crippen LogP contribution in [-0.2, 0) is 15.3 Å². The van der Waals surface area contributed by atoms with Crippen LogP contribution in [0.15, 0.2) is 12.1 Å². The second-order valence-corrected chi connectivity index (χ2v) is 6.45. The third-order valence-electron chi connectivity index (χ3n) is 2.51. The average molecular weight is 294 g/mol. The average Bonchev–Trinajstić information content (AvgIpc) is 2.34. The standard InChI is InChI=1S/C12H17F3O3Si/c1-3-17-19(16,18-4-2)6-5-9-7-10(13)12(15)11(14)8-9/h7-8,16H,3-6H2,1-2H3. The zero-order chi connectivity index (χ0) is 14.5. The second kappa shape index (κ2) is 7.04. The molecule has 0 heterocycles. The molecule has 3 nitrogen and oxygen atoms in total. The monoisotopic (exact) mass is 294 g/mol. The van der Waals surface area contributed by atoms with Crippen molar-refractivity contribution >= 4 is 8.80 Å². The Labute approximate surface area is 111 Å². The lowest BCUT2D eigenvalue weighted by atomic mass is 10.1. The van der Waals surface area contributed by atoms with Gasteiger partial charge in [-0.1, -0.05) is 0 Å². The van der Waals surface area contributed by atoms with Crippen LogP contribution in [0.25, 0.3) is 0 Å². The minimum absolute atomic E-state index is 0.124. The molecule has 0 fully saturated rings. The molecule has 0 saturated heterocycles. The molecule has 0 amide bonds. The van der Waals surface area contributed by atoms with Gasteiger partial charge in [-0.05, 0) is 38.0 Å². The van der Waals surface area contributed by atoms with E-state index in [1.165, 1.54) is 0 Å². The normalized spacial score (nSPS) is 11.9. The highest BCUT2D eigenvalue weighted by Gasteiger charge is 2.35. The molecule has 1 aromatic carbocycles. The summed E-state index contributed by atoms with van der Waals surface area (Å²) in [6, 6.07) is 1.94. The Bertz CT molecular complexity index is 400. The Hall–Kier alpha value is -0.893. The van der Waals surface area contributed by atoms with Crippen molar-refractivity contribution in [3.8, 4) is 0 Å². The van der Waals surface area contributed by atoms with Gasteiger partial charge in [0.15, 0.2) is 17.5 Å². The molecule has 0 atom stereocenters. The summed E-state index contributed by atoms with van der Waals surface area (Å²) in [5, 5.41) is 0.